The number of aryl methyl sites for hydroxylation is 1. The second kappa shape index (κ2) is 9.93. The lowest BCUT2D eigenvalue weighted by Crippen LogP contribution is -2.43. The molecule has 0 spiro atoms. The standard InChI is InChI=1S/C23H28N2O3/c1-18-6-5-7-19(16-18)17-24-23(27)20-10-13-25(14-11-20)22(26)12-15-28-21-8-3-2-4-9-21/h2-9,16,20H,10-15,17H2,1H3,(H,24,27). The van der Waals surface area contributed by atoms with E-state index >= 15 is 0 Å². The summed E-state index contributed by atoms with van der Waals surface area (Å²) in [5, 5.41) is 3.03. The summed E-state index contributed by atoms with van der Waals surface area (Å²) in [5.74, 6) is 0.935. The molecule has 2 aromatic carbocycles. The van der Waals surface area contributed by atoms with Gasteiger partial charge in [0, 0.05) is 25.6 Å². The first-order valence-electron chi connectivity index (χ1n) is 9.90. The number of nitrogens with one attached hydrogen (secondary N) is 1. The van der Waals surface area contributed by atoms with Crippen LogP contribution in [0.1, 0.15) is 30.4 Å². The van der Waals surface area contributed by atoms with E-state index in [1.54, 1.807) is 0 Å². The molecule has 0 aliphatic carbocycles. The molecule has 1 aliphatic rings. The van der Waals surface area contributed by atoms with Gasteiger partial charge in [-0.25, -0.2) is 0 Å². The van der Waals surface area contributed by atoms with Crippen LogP contribution in [0.4, 0.5) is 0 Å². The number of nitrogens with zero attached hydrogens (tertiary/aromatic N) is 1. The van der Waals surface area contributed by atoms with E-state index in [1.807, 2.05) is 60.4 Å². The van der Waals surface area contributed by atoms with Crippen molar-refractivity contribution in [2.45, 2.75) is 32.7 Å². The van der Waals surface area contributed by atoms with E-state index in [2.05, 4.69) is 11.4 Å². The summed E-state index contributed by atoms with van der Waals surface area (Å²) in [6, 6.07) is 17.7. The summed E-state index contributed by atoms with van der Waals surface area (Å²) >= 11 is 0. The molecule has 2 amide bonds. The quantitative estimate of drug-likeness (QED) is 0.802. The van der Waals surface area contributed by atoms with Gasteiger partial charge in [-0.1, -0.05) is 48.0 Å². The number of rotatable bonds is 7. The molecular weight excluding hydrogens is 352 g/mol. The van der Waals surface area contributed by atoms with Crippen molar-refractivity contribution in [1.82, 2.24) is 10.2 Å². The Morgan fingerprint density at radius 2 is 1.82 bits per heavy atom. The Hall–Kier alpha value is -2.82. The molecule has 0 saturated carbocycles. The molecule has 3 rings (SSSR count). The number of benzene rings is 2. The van der Waals surface area contributed by atoms with Crippen molar-refractivity contribution in [2.75, 3.05) is 19.7 Å². The number of amides is 2. The van der Waals surface area contributed by atoms with Gasteiger partial charge in [0.1, 0.15) is 5.75 Å². The van der Waals surface area contributed by atoms with E-state index in [0.717, 1.165) is 11.3 Å². The molecule has 28 heavy (non-hydrogen) atoms. The number of carbonyl (C=O) groups is 2. The van der Waals surface area contributed by atoms with Gasteiger partial charge in [0.05, 0.1) is 13.0 Å². The molecule has 2 aromatic rings. The summed E-state index contributed by atoms with van der Waals surface area (Å²) in [5.41, 5.74) is 2.30. The Kier molecular flexibility index (Phi) is 7.06. The highest BCUT2D eigenvalue weighted by Gasteiger charge is 2.27. The number of hydrogen-bond acceptors (Lipinski definition) is 3. The maximum Gasteiger partial charge on any atom is 0.225 e. The monoisotopic (exact) mass is 380 g/mol. The molecule has 5 heteroatoms. The van der Waals surface area contributed by atoms with Crippen LogP contribution >= 0.6 is 0 Å². The minimum atomic E-state index is -0.0190. The molecule has 148 valence electrons. The smallest absolute Gasteiger partial charge is 0.225 e. The van der Waals surface area contributed by atoms with Crippen LogP contribution in [0, 0.1) is 12.8 Å². The third-order valence-electron chi connectivity index (χ3n) is 5.10. The van der Waals surface area contributed by atoms with Crippen molar-refractivity contribution in [3.63, 3.8) is 0 Å². The highest BCUT2D eigenvalue weighted by Crippen LogP contribution is 2.18. The fraction of sp³-hybridized carbons (Fsp3) is 0.391. The largest absolute Gasteiger partial charge is 0.493 e. The molecular formula is C23H28N2O3. The van der Waals surface area contributed by atoms with Gasteiger partial charge in [-0.2, -0.15) is 0 Å². The molecule has 1 aliphatic heterocycles. The molecule has 0 atom stereocenters. The fourth-order valence-electron chi connectivity index (χ4n) is 3.48. The van der Waals surface area contributed by atoms with Crippen molar-refractivity contribution < 1.29 is 14.3 Å². The molecule has 1 heterocycles. The second-order valence-electron chi connectivity index (χ2n) is 7.27. The van der Waals surface area contributed by atoms with Gasteiger partial charge in [-0.05, 0) is 37.5 Å². The lowest BCUT2D eigenvalue weighted by Gasteiger charge is -2.31. The highest BCUT2D eigenvalue weighted by atomic mass is 16.5. The molecule has 0 radical (unpaired) electrons. The van der Waals surface area contributed by atoms with E-state index in [0.29, 0.717) is 45.5 Å². The zero-order valence-electron chi connectivity index (χ0n) is 16.4. The summed E-state index contributed by atoms with van der Waals surface area (Å²) in [4.78, 5) is 26.6. The lowest BCUT2D eigenvalue weighted by molar-refractivity contribution is -0.136. The Labute approximate surface area is 166 Å². The van der Waals surface area contributed by atoms with Gasteiger partial charge in [0.2, 0.25) is 11.8 Å². The van der Waals surface area contributed by atoms with E-state index in [-0.39, 0.29) is 17.7 Å². The molecule has 0 bridgehead atoms. The summed E-state index contributed by atoms with van der Waals surface area (Å²) in [6.45, 7) is 4.23. The molecule has 1 fully saturated rings. The fourth-order valence-corrected chi connectivity index (χ4v) is 3.48. The van der Waals surface area contributed by atoms with Crippen LogP contribution in [0.25, 0.3) is 0 Å². The number of likely N-dealkylation sites (tertiary alicyclic amines) is 1. The highest BCUT2D eigenvalue weighted by molar-refractivity contribution is 5.80. The van der Waals surface area contributed by atoms with E-state index in [1.165, 1.54) is 5.56 Å². The Morgan fingerprint density at radius 3 is 2.54 bits per heavy atom. The van der Waals surface area contributed by atoms with Gasteiger partial charge >= 0.3 is 0 Å². The van der Waals surface area contributed by atoms with Crippen LogP contribution in [-0.4, -0.2) is 36.4 Å². The lowest BCUT2D eigenvalue weighted by atomic mass is 9.95. The zero-order chi connectivity index (χ0) is 19.8. The minimum Gasteiger partial charge on any atom is -0.493 e. The van der Waals surface area contributed by atoms with Gasteiger partial charge in [-0.3, -0.25) is 9.59 Å². The predicted molar refractivity (Wildman–Crippen MR) is 109 cm³/mol. The first kappa shape index (κ1) is 19.9. The summed E-state index contributed by atoms with van der Waals surface area (Å²) in [7, 11) is 0. The van der Waals surface area contributed by atoms with Gasteiger partial charge in [-0.15, -0.1) is 0 Å². The molecule has 0 unspecified atom stereocenters. The van der Waals surface area contributed by atoms with E-state index in [4.69, 9.17) is 4.74 Å². The topological polar surface area (TPSA) is 58.6 Å². The van der Waals surface area contributed by atoms with Crippen molar-refractivity contribution >= 4 is 11.8 Å². The van der Waals surface area contributed by atoms with Crippen LogP contribution in [0.5, 0.6) is 5.75 Å². The molecule has 1 N–H and O–H groups in total. The predicted octanol–water partition coefficient (Wildman–Crippen LogP) is 3.32. The second-order valence-corrected chi connectivity index (χ2v) is 7.27. The minimum absolute atomic E-state index is 0.0190. The van der Waals surface area contributed by atoms with Crippen molar-refractivity contribution in [3.05, 3.63) is 65.7 Å². The van der Waals surface area contributed by atoms with E-state index < -0.39 is 0 Å². The van der Waals surface area contributed by atoms with Crippen LogP contribution in [0.15, 0.2) is 54.6 Å². The van der Waals surface area contributed by atoms with Crippen LogP contribution in [0.3, 0.4) is 0 Å². The zero-order valence-corrected chi connectivity index (χ0v) is 16.4. The number of carbonyl (C=O) groups excluding carboxylic acids is 2. The van der Waals surface area contributed by atoms with Gasteiger partial charge in [0.15, 0.2) is 0 Å². The third-order valence-corrected chi connectivity index (χ3v) is 5.10. The number of para-hydroxylation sites is 1. The first-order valence-corrected chi connectivity index (χ1v) is 9.90. The molecule has 5 nitrogen and oxygen atoms in total. The summed E-state index contributed by atoms with van der Waals surface area (Å²) < 4.78 is 5.60. The normalized spacial score (nSPS) is 14.5. The van der Waals surface area contributed by atoms with Crippen LogP contribution in [0.2, 0.25) is 0 Å². The van der Waals surface area contributed by atoms with Gasteiger partial charge in [0.25, 0.3) is 0 Å². The Morgan fingerprint density at radius 1 is 1.07 bits per heavy atom. The average Bonchev–Trinajstić information content (AvgIpc) is 2.73. The number of ether oxygens (including phenoxy) is 1. The Balaban J connectivity index is 1.36. The summed E-state index contributed by atoms with van der Waals surface area (Å²) in [6.07, 6.45) is 1.79. The van der Waals surface area contributed by atoms with Gasteiger partial charge < -0.3 is 15.0 Å². The molecule has 0 aromatic heterocycles. The van der Waals surface area contributed by atoms with Crippen LogP contribution < -0.4 is 10.1 Å². The first-order chi connectivity index (χ1) is 13.6. The maximum atomic E-state index is 12.4. The number of piperidine rings is 1. The SMILES string of the molecule is Cc1cccc(CNC(=O)C2CCN(C(=O)CCOc3ccccc3)CC2)c1. The van der Waals surface area contributed by atoms with Crippen molar-refractivity contribution in [1.29, 1.82) is 0 Å². The van der Waals surface area contributed by atoms with Crippen molar-refractivity contribution in [2.24, 2.45) is 5.92 Å². The Bertz CT molecular complexity index is 783. The van der Waals surface area contributed by atoms with Crippen LogP contribution in [-0.2, 0) is 16.1 Å². The third kappa shape index (κ3) is 5.84. The number of hydrogen-bond donors (Lipinski definition) is 1. The molecule has 1 saturated heterocycles. The van der Waals surface area contributed by atoms with E-state index in [9.17, 15) is 9.59 Å². The maximum absolute atomic E-state index is 12.4. The van der Waals surface area contributed by atoms with Crippen molar-refractivity contribution in [3.8, 4) is 5.75 Å². The average molecular weight is 380 g/mol.